The summed E-state index contributed by atoms with van der Waals surface area (Å²) in [5, 5.41) is 3.92. The second kappa shape index (κ2) is 7.66. The molecule has 3 heterocycles. The van der Waals surface area contributed by atoms with Crippen molar-refractivity contribution in [2.24, 2.45) is 0 Å². The predicted molar refractivity (Wildman–Crippen MR) is 101 cm³/mol. The zero-order valence-electron chi connectivity index (χ0n) is 15.0. The van der Waals surface area contributed by atoms with Gasteiger partial charge in [-0.15, -0.1) is 0 Å². The molecule has 1 aliphatic heterocycles. The van der Waals surface area contributed by atoms with Crippen molar-refractivity contribution in [2.75, 3.05) is 31.1 Å². The summed E-state index contributed by atoms with van der Waals surface area (Å²) in [6, 6.07) is 14.6. The van der Waals surface area contributed by atoms with E-state index < -0.39 is 0 Å². The first kappa shape index (κ1) is 16.7. The number of nitrogens with zero attached hydrogens (tertiary/aromatic N) is 5. The molecule has 0 amide bonds. The molecule has 1 aliphatic rings. The van der Waals surface area contributed by atoms with Crippen LogP contribution in [0.5, 0.6) is 0 Å². The number of anilines is 1. The molecule has 4 rings (SSSR count). The first-order chi connectivity index (χ1) is 12.8. The van der Waals surface area contributed by atoms with Crippen molar-refractivity contribution in [3.05, 3.63) is 60.0 Å². The third kappa shape index (κ3) is 3.75. The molecule has 0 N–H and O–H groups in total. The van der Waals surface area contributed by atoms with Gasteiger partial charge in [0.2, 0.25) is 0 Å². The van der Waals surface area contributed by atoms with Crippen LogP contribution in [0.2, 0.25) is 0 Å². The molecule has 2 aromatic heterocycles. The minimum absolute atomic E-state index is 0.538. The Morgan fingerprint density at radius 2 is 1.88 bits per heavy atom. The third-order valence-corrected chi connectivity index (χ3v) is 4.68. The van der Waals surface area contributed by atoms with Crippen molar-refractivity contribution < 1.29 is 4.52 Å². The molecule has 0 spiro atoms. The molecule has 0 saturated carbocycles. The number of aryl methyl sites for hydroxylation is 1. The van der Waals surface area contributed by atoms with Gasteiger partial charge in [0, 0.05) is 38.9 Å². The summed E-state index contributed by atoms with van der Waals surface area (Å²) in [5.74, 6) is 2.11. The summed E-state index contributed by atoms with van der Waals surface area (Å²) in [6.45, 7) is 6.83. The van der Waals surface area contributed by atoms with E-state index in [0.29, 0.717) is 11.7 Å². The van der Waals surface area contributed by atoms with Crippen molar-refractivity contribution >= 4 is 5.82 Å². The minimum Gasteiger partial charge on any atom is -0.355 e. The fourth-order valence-corrected chi connectivity index (χ4v) is 3.40. The zero-order chi connectivity index (χ0) is 17.8. The Labute approximate surface area is 153 Å². The van der Waals surface area contributed by atoms with Gasteiger partial charge in [-0.1, -0.05) is 35.5 Å². The van der Waals surface area contributed by atoms with Gasteiger partial charge >= 0.3 is 0 Å². The molecule has 6 nitrogen and oxygen atoms in total. The molecule has 0 radical (unpaired) electrons. The number of aromatic nitrogens is 3. The molecule has 0 bridgehead atoms. The van der Waals surface area contributed by atoms with Crippen molar-refractivity contribution in [3.63, 3.8) is 0 Å². The minimum atomic E-state index is 0.538. The molecule has 1 aromatic carbocycles. The highest BCUT2D eigenvalue weighted by molar-refractivity contribution is 5.69. The summed E-state index contributed by atoms with van der Waals surface area (Å²) in [6.07, 6.45) is 2.93. The van der Waals surface area contributed by atoms with Crippen LogP contribution in [0.25, 0.3) is 11.5 Å². The highest BCUT2D eigenvalue weighted by Gasteiger charge is 2.21. The maximum absolute atomic E-state index is 5.38. The summed E-state index contributed by atoms with van der Waals surface area (Å²) >= 11 is 0. The van der Waals surface area contributed by atoms with Crippen LogP contribution in [-0.2, 0) is 6.54 Å². The molecule has 0 unspecified atom stereocenters. The SMILES string of the molecule is Cc1noc(-c2cccnc2N2CCCN(Cc3ccccc3)CC2)n1. The van der Waals surface area contributed by atoms with Crippen molar-refractivity contribution in [1.29, 1.82) is 0 Å². The molecule has 3 aromatic rings. The van der Waals surface area contributed by atoms with Crippen LogP contribution in [0.4, 0.5) is 5.82 Å². The van der Waals surface area contributed by atoms with E-state index in [2.05, 4.69) is 55.3 Å². The Morgan fingerprint density at radius 1 is 1.00 bits per heavy atom. The van der Waals surface area contributed by atoms with Gasteiger partial charge in [0.25, 0.3) is 5.89 Å². The van der Waals surface area contributed by atoms with E-state index in [-0.39, 0.29) is 0 Å². The number of hydrogen-bond donors (Lipinski definition) is 0. The lowest BCUT2D eigenvalue weighted by Gasteiger charge is -2.24. The van der Waals surface area contributed by atoms with E-state index in [1.165, 1.54) is 5.56 Å². The van der Waals surface area contributed by atoms with E-state index in [1.807, 2.05) is 25.3 Å². The molecule has 0 atom stereocenters. The molecular formula is C20H23N5O. The lowest BCUT2D eigenvalue weighted by molar-refractivity contribution is 0.285. The average Bonchev–Trinajstić information content (AvgIpc) is 2.97. The topological polar surface area (TPSA) is 58.3 Å². The quantitative estimate of drug-likeness (QED) is 0.721. The highest BCUT2D eigenvalue weighted by atomic mass is 16.5. The van der Waals surface area contributed by atoms with Crippen molar-refractivity contribution in [2.45, 2.75) is 19.9 Å². The molecular weight excluding hydrogens is 326 g/mol. The van der Waals surface area contributed by atoms with E-state index >= 15 is 0 Å². The standard InChI is InChI=1S/C20H23N5O/c1-16-22-20(26-23-16)18-9-5-10-21-19(18)25-12-6-11-24(13-14-25)15-17-7-3-2-4-8-17/h2-5,7-10H,6,11-15H2,1H3. The van der Waals surface area contributed by atoms with E-state index in [4.69, 9.17) is 4.52 Å². The van der Waals surface area contributed by atoms with E-state index in [0.717, 1.165) is 50.5 Å². The van der Waals surface area contributed by atoms with Gasteiger partial charge in [0.15, 0.2) is 5.82 Å². The van der Waals surface area contributed by atoms with Crippen LogP contribution in [0.3, 0.4) is 0 Å². The zero-order valence-corrected chi connectivity index (χ0v) is 15.0. The first-order valence-electron chi connectivity index (χ1n) is 9.06. The normalized spacial score (nSPS) is 15.8. The molecule has 1 saturated heterocycles. The summed E-state index contributed by atoms with van der Waals surface area (Å²) in [5.41, 5.74) is 2.27. The maximum Gasteiger partial charge on any atom is 0.261 e. The van der Waals surface area contributed by atoms with Crippen LogP contribution in [-0.4, -0.2) is 46.2 Å². The van der Waals surface area contributed by atoms with E-state index in [1.54, 1.807) is 0 Å². The lowest BCUT2D eigenvalue weighted by atomic mass is 10.2. The smallest absolute Gasteiger partial charge is 0.261 e. The van der Waals surface area contributed by atoms with Gasteiger partial charge in [-0.3, -0.25) is 4.90 Å². The van der Waals surface area contributed by atoms with Crippen LogP contribution in [0.15, 0.2) is 53.2 Å². The Morgan fingerprint density at radius 3 is 2.69 bits per heavy atom. The van der Waals surface area contributed by atoms with Gasteiger partial charge in [0.1, 0.15) is 5.82 Å². The second-order valence-corrected chi connectivity index (χ2v) is 6.62. The molecule has 6 heteroatoms. The second-order valence-electron chi connectivity index (χ2n) is 6.62. The summed E-state index contributed by atoms with van der Waals surface area (Å²) in [4.78, 5) is 13.8. The average molecular weight is 349 g/mol. The van der Waals surface area contributed by atoms with Crippen LogP contribution < -0.4 is 4.90 Å². The Hall–Kier alpha value is -2.73. The fraction of sp³-hybridized carbons (Fsp3) is 0.350. The number of hydrogen-bond acceptors (Lipinski definition) is 6. The summed E-state index contributed by atoms with van der Waals surface area (Å²) in [7, 11) is 0. The lowest BCUT2D eigenvalue weighted by Crippen LogP contribution is -2.31. The maximum atomic E-state index is 5.38. The number of rotatable bonds is 4. The van der Waals surface area contributed by atoms with Crippen LogP contribution in [0.1, 0.15) is 17.8 Å². The van der Waals surface area contributed by atoms with Crippen LogP contribution in [0, 0.1) is 6.92 Å². The fourth-order valence-electron chi connectivity index (χ4n) is 3.40. The Bertz CT molecular complexity index is 848. The van der Waals surface area contributed by atoms with Gasteiger partial charge in [-0.05, 0) is 31.0 Å². The number of benzene rings is 1. The van der Waals surface area contributed by atoms with Gasteiger partial charge in [-0.25, -0.2) is 4.98 Å². The molecule has 0 aliphatic carbocycles. The summed E-state index contributed by atoms with van der Waals surface area (Å²) < 4.78 is 5.38. The largest absolute Gasteiger partial charge is 0.355 e. The van der Waals surface area contributed by atoms with E-state index in [9.17, 15) is 0 Å². The molecule has 134 valence electrons. The molecule has 1 fully saturated rings. The molecule has 26 heavy (non-hydrogen) atoms. The monoisotopic (exact) mass is 349 g/mol. The Kier molecular flexibility index (Phi) is 4.93. The number of pyridine rings is 1. The van der Waals surface area contributed by atoms with Gasteiger partial charge in [0.05, 0.1) is 5.56 Å². The van der Waals surface area contributed by atoms with Crippen LogP contribution >= 0.6 is 0 Å². The highest BCUT2D eigenvalue weighted by Crippen LogP contribution is 2.28. The van der Waals surface area contributed by atoms with Gasteiger partial charge in [-0.2, -0.15) is 4.98 Å². The predicted octanol–water partition coefficient (Wildman–Crippen LogP) is 3.15. The first-order valence-corrected chi connectivity index (χ1v) is 9.06. The van der Waals surface area contributed by atoms with Crippen molar-refractivity contribution in [3.8, 4) is 11.5 Å². The Balaban J connectivity index is 1.49. The van der Waals surface area contributed by atoms with Gasteiger partial charge < -0.3 is 9.42 Å². The van der Waals surface area contributed by atoms with Crippen molar-refractivity contribution in [1.82, 2.24) is 20.0 Å². The third-order valence-electron chi connectivity index (χ3n) is 4.68.